The van der Waals surface area contributed by atoms with Crippen molar-refractivity contribution in [2.24, 2.45) is 0 Å². The zero-order chi connectivity index (χ0) is 24.8. The lowest BCUT2D eigenvalue weighted by atomic mass is 9.99. The molecule has 0 bridgehead atoms. The van der Waals surface area contributed by atoms with Gasteiger partial charge in [-0.25, -0.2) is 13.2 Å². The Morgan fingerprint density at radius 2 is 1.76 bits per heavy atom. The molecule has 2 aromatic rings. The Morgan fingerprint density at radius 1 is 1.12 bits per heavy atom. The number of halogens is 1. The van der Waals surface area contributed by atoms with E-state index in [1.54, 1.807) is 43.5 Å². The Morgan fingerprint density at radius 3 is 2.30 bits per heavy atom. The van der Waals surface area contributed by atoms with E-state index >= 15 is 0 Å². The van der Waals surface area contributed by atoms with Crippen molar-refractivity contribution >= 4 is 40.0 Å². The number of esters is 1. The largest absolute Gasteiger partial charge is 0.497 e. The van der Waals surface area contributed by atoms with Crippen LogP contribution < -0.4 is 4.74 Å². The van der Waals surface area contributed by atoms with E-state index in [0.29, 0.717) is 22.9 Å². The number of sulfonamides is 1. The van der Waals surface area contributed by atoms with Crippen molar-refractivity contribution in [2.45, 2.75) is 38.3 Å². The SMILES string of the molecule is C=C(C(=O)OC)C(c1ccccc1)N(Cc1cc(OC)ccc1Br)S(=O)(=O)CC[Si](C)(C)C. The lowest BCUT2D eigenvalue weighted by Gasteiger charge is -2.33. The second kappa shape index (κ2) is 11.5. The van der Waals surface area contributed by atoms with Crippen molar-refractivity contribution in [3.63, 3.8) is 0 Å². The predicted octanol–water partition coefficient (Wildman–Crippen LogP) is 5.40. The molecule has 0 N–H and O–H groups in total. The average Bonchev–Trinajstić information content (AvgIpc) is 2.78. The highest BCUT2D eigenvalue weighted by Gasteiger charge is 2.36. The predicted molar refractivity (Wildman–Crippen MR) is 139 cm³/mol. The van der Waals surface area contributed by atoms with Gasteiger partial charge in [0.15, 0.2) is 0 Å². The Balaban J connectivity index is 2.66. The summed E-state index contributed by atoms with van der Waals surface area (Å²) >= 11 is 3.53. The first kappa shape index (κ1) is 27.3. The van der Waals surface area contributed by atoms with Crippen LogP contribution in [0.4, 0.5) is 0 Å². The highest BCUT2D eigenvalue weighted by Crippen LogP contribution is 2.35. The number of methoxy groups -OCH3 is 2. The third kappa shape index (κ3) is 7.53. The van der Waals surface area contributed by atoms with Crippen molar-refractivity contribution in [1.82, 2.24) is 4.31 Å². The van der Waals surface area contributed by atoms with Gasteiger partial charge in [0.05, 0.1) is 31.6 Å². The first-order valence-electron chi connectivity index (χ1n) is 10.5. The summed E-state index contributed by atoms with van der Waals surface area (Å²) in [6.07, 6.45) is 0. The van der Waals surface area contributed by atoms with E-state index in [0.717, 1.165) is 4.47 Å². The number of rotatable bonds is 11. The zero-order valence-electron chi connectivity index (χ0n) is 19.8. The molecular formula is C24H32BrNO5SSi. The molecule has 6 nitrogen and oxygen atoms in total. The summed E-state index contributed by atoms with van der Waals surface area (Å²) in [5.74, 6) is -0.0584. The lowest BCUT2D eigenvalue weighted by molar-refractivity contribution is -0.136. The van der Waals surface area contributed by atoms with Gasteiger partial charge in [-0.05, 0) is 35.4 Å². The molecule has 9 heteroatoms. The highest BCUT2D eigenvalue weighted by atomic mass is 79.9. The molecule has 0 aliphatic rings. The number of benzene rings is 2. The van der Waals surface area contributed by atoms with Crippen LogP contribution in [0.25, 0.3) is 0 Å². The van der Waals surface area contributed by atoms with Crippen LogP contribution >= 0.6 is 15.9 Å². The fraction of sp³-hybridized carbons (Fsp3) is 0.375. The van der Waals surface area contributed by atoms with Crippen LogP contribution in [-0.2, 0) is 26.1 Å². The van der Waals surface area contributed by atoms with E-state index in [-0.39, 0.29) is 17.9 Å². The summed E-state index contributed by atoms with van der Waals surface area (Å²) in [7, 11) is -2.62. The number of carbonyl (C=O) groups excluding carboxylic acids is 1. The van der Waals surface area contributed by atoms with Gasteiger partial charge in [0, 0.05) is 19.1 Å². The van der Waals surface area contributed by atoms with Crippen LogP contribution in [0.2, 0.25) is 25.7 Å². The van der Waals surface area contributed by atoms with Gasteiger partial charge in [-0.1, -0.05) is 72.5 Å². The molecule has 0 fully saturated rings. The van der Waals surface area contributed by atoms with E-state index in [4.69, 9.17) is 9.47 Å². The fourth-order valence-corrected chi connectivity index (χ4v) is 8.28. The molecule has 33 heavy (non-hydrogen) atoms. The molecule has 0 aliphatic heterocycles. The first-order chi connectivity index (χ1) is 15.4. The van der Waals surface area contributed by atoms with Gasteiger partial charge in [-0.3, -0.25) is 0 Å². The third-order valence-corrected chi connectivity index (χ3v) is 9.89. The number of hydrogen-bond donors (Lipinski definition) is 0. The monoisotopic (exact) mass is 553 g/mol. The maximum absolute atomic E-state index is 13.8. The summed E-state index contributed by atoms with van der Waals surface area (Å²) in [6, 6.07) is 14.1. The molecule has 2 aromatic carbocycles. The maximum atomic E-state index is 13.8. The van der Waals surface area contributed by atoms with Crippen LogP contribution in [0.15, 0.2) is 65.2 Å². The minimum atomic E-state index is -3.79. The van der Waals surface area contributed by atoms with Gasteiger partial charge in [-0.2, -0.15) is 4.31 Å². The van der Waals surface area contributed by atoms with E-state index in [1.807, 2.05) is 12.1 Å². The average molecular weight is 555 g/mol. The Bertz CT molecular complexity index is 1080. The van der Waals surface area contributed by atoms with Crippen molar-refractivity contribution in [3.05, 3.63) is 76.3 Å². The summed E-state index contributed by atoms with van der Waals surface area (Å²) in [4.78, 5) is 12.5. The van der Waals surface area contributed by atoms with Crippen LogP contribution in [0.5, 0.6) is 5.75 Å². The molecule has 0 saturated heterocycles. The van der Waals surface area contributed by atoms with Crippen molar-refractivity contribution in [3.8, 4) is 5.75 Å². The van der Waals surface area contributed by atoms with Gasteiger partial charge in [0.1, 0.15) is 5.75 Å². The molecule has 0 saturated carbocycles. The molecule has 0 heterocycles. The first-order valence-corrected chi connectivity index (χ1v) is 16.6. The second-order valence-corrected chi connectivity index (χ2v) is 17.5. The van der Waals surface area contributed by atoms with Crippen LogP contribution in [-0.4, -0.2) is 46.7 Å². The summed E-state index contributed by atoms with van der Waals surface area (Å²) < 4.78 is 39.9. The maximum Gasteiger partial charge on any atom is 0.335 e. The molecule has 0 spiro atoms. The standard InChI is InChI=1S/C24H32BrNO5SSi/c1-18(24(27)31-3)23(19-10-8-7-9-11-19)26(32(28,29)14-15-33(4,5)6)17-20-16-21(30-2)12-13-22(20)25/h7-13,16,23H,1,14-15,17H2,2-6H3. The normalized spacial score (nSPS) is 12.9. The molecule has 2 rings (SSSR count). The smallest absolute Gasteiger partial charge is 0.335 e. The van der Waals surface area contributed by atoms with Gasteiger partial charge < -0.3 is 9.47 Å². The molecule has 0 amide bonds. The van der Waals surface area contributed by atoms with E-state index in [1.165, 1.54) is 11.4 Å². The van der Waals surface area contributed by atoms with Crippen LogP contribution in [0.3, 0.4) is 0 Å². The van der Waals surface area contributed by atoms with E-state index < -0.39 is 30.1 Å². The molecule has 0 aliphatic carbocycles. The van der Waals surface area contributed by atoms with Crippen LogP contribution in [0, 0.1) is 0 Å². The van der Waals surface area contributed by atoms with E-state index in [9.17, 15) is 13.2 Å². The minimum Gasteiger partial charge on any atom is -0.497 e. The molecule has 180 valence electrons. The van der Waals surface area contributed by atoms with Crippen LogP contribution in [0.1, 0.15) is 17.2 Å². The number of carbonyl (C=O) groups is 1. The van der Waals surface area contributed by atoms with Gasteiger partial charge in [0.25, 0.3) is 0 Å². The summed E-state index contributed by atoms with van der Waals surface area (Å²) in [5.41, 5.74) is 1.41. The Hall–Kier alpha value is -1.94. The van der Waals surface area contributed by atoms with Crippen molar-refractivity contribution in [1.29, 1.82) is 0 Å². The Labute approximate surface area is 206 Å². The fourth-order valence-electron chi connectivity index (χ4n) is 3.29. The van der Waals surface area contributed by atoms with E-state index in [2.05, 4.69) is 42.1 Å². The molecular weight excluding hydrogens is 522 g/mol. The number of ether oxygens (including phenoxy) is 2. The molecule has 1 unspecified atom stereocenters. The quantitative estimate of drug-likeness (QED) is 0.211. The summed E-state index contributed by atoms with van der Waals surface area (Å²) in [6.45, 7) is 10.4. The number of hydrogen-bond acceptors (Lipinski definition) is 5. The zero-order valence-corrected chi connectivity index (χ0v) is 23.2. The van der Waals surface area contributed by atoms with Crippen molar-refractivity contribution in [2.75, 3.05) is 20.0 Å². The van der Waals surface area contributed by atoms with Gasteiger partial charge in [-0.15, -0.1) is 0 Å². The van der Waals surface area contributed by atoms with Gasteiger partial charge in [0.2, 0.25) is 10.0 Å². The highest BCUT2D eigenvalue weighted by molar-refractivity contribution is 9.10. The molecule has 0 aromatic heterocycles. The Kier molecular flexibility index (Phi) is 9.48. The summed E-state index contributed by atoms with van der Waals surface area (Å²) in [5, 5.41) is 0. The number of nitrogens with zero attached hydrogens (tertiary/aromatic N) is 1. The minimum absolute atomic E-state index is 0.0118. The topological polar surface area (TPSA) is 72.9 Å². The molecule has 0 radical (unpaired) electrons. The lowest BCUT2D eigenvalue weighted by Crippen LogP contribution is -2.40. The molecule has 1 atom stereocenters. The van der Waals surface area contributed by atoms with Gasteiger partial charge >= 0.3 is 5.97 Å². The third-order valence-electron chi connectivity index (χ3n) is 5.23. The second-order valence-electron chi connectivity index (χ2n) is 8.96. The van der Waals surface area contributed by atoms with Crippen molar-refractivity contribution < 1.29 is 22.7 Å².